The molecule has 23 heavy (non-hydrogen) atoms. The number of urea groups is 1. The first kappa shape index (κ1) is 15.8. The molecule has 1 heterocycles. The van der Waals surface area contributed by atoms with E-state index in [1.165, 1.54) is 4.90 Å². The third-order valence-electron chi connectivity index (χ3n) is 3.93. The van der Waals surface area contributed by atoms with Gasteiger partial charge in [0.1, 0.15) is 5.54 Å². The number of nitrogens with one attached hydrogen (secondary N) is 1. The molecule has 2 aromatic rings. The van der Waals surface area contributed by atoms with E-state index in [2.05, 4.69) is 5.32 Å². The Morgan fingerprint density at radius 1 is 1.09 bits per heavy atom. The number of nitrogens with zero attached hydrogens (tertiary/aromatic N) is 1. The van der Waals surface area contributed by atoms with Gasteiger partial charge in [0.2, 0.25) is 0 Å². The maximum absolute atomic E-state index is 12.8. The first-order valence-corrected chi connectivity index (χ1v) is 7.81. The van der Waals surface area contributed by atoms with Gasteiger partial charge < -0.3 is 5.32 Å². The summed E-state index contributed by atoms with van der Waals surface area (Å²) in [6, 6.07) is 13.8. The maximum atomic E-state index is 12.8. The van der Waals surface area contributed by atoms with Crippen LogP contribution in [0.4, 0.5) is 4.79 Å². The van der Waals surface area contributed by atoms with Gasteiger partial charge in [-0.2, -0.15) is 0 Å². The van der Waals surface area contributed by atoms with Crippen molar-refractivity contribution < 1.29 is 9.59 Å². The van der Waals surface area contributed by atoms with E-state index < -0.39 is 11.6 Å². The van der Waals surface area contributed by atoms with E-state index in [0.717, 1.165) is 5.56 Å². The number of rotatable bonds is 3. The Labute approximate surface area is 144 Å². The number of carbonyl (C=O) groups excluding carboxylic acids is 2. The van der Waals surface area contributed by atoms with E-state index in [9.17, 15) is 9.59 Å². The van der Waals surface area contributed by atoms with E-state index in [-0.39, 0.29) is 12.5 Å². The van der Waals surface area contributed by atoms with Crippen LogP contribution in [-0.4, -0.2) is 16.8 Å². The number of benzene rings is 2. The third kappa shape index (κ3) is 2.80. The number of hydrogen-bond donors (Lipinski definition) is 1. The number of imide groups is 1. The van der Waals surface area contributed by atoms with Gasteiger partial charge in [-0.3, -0.25) is 9.69 Å². The molecule has 2 aromatic carbocycles. The average Bonchev–Trinajstić information content (AvgIpc) is 2.72. The van der Waals surface area contributed by atoms with Crippen LogP contribution in [0.3, 0.4) is 0 Å². The van der Waals surface area contributed by atoms with Crippen molar-refractivity contribution in [1.29, 1.82) is 0 Å². The van der Waals surface area contributed by atoms with Gasteiger partial charge in [-0.15, -0.1) is 0 Å². The van der Waals surface area contributed by atoms with Crippen molar-refractivity contribution in [2.45, 2.75) is 19.0 Å². The van der Waals surface area contributed by atoms with E-state index in [1.807, 2.05) is 30.3 Å². The van der Waals surface area contributed by atoms with Crippen LogP contribution in [0.15, 0.2) is 48.5 Å². The number of halogens is 2. The van der Waals surface area contributed by atoms with Gasteiger partial charge in [-0.25, -0.2) is 4.79 Å². The van der Waals surface area contributed by atoms with Gasteiger partial charge >= 0.3 is 6.03 Å². The summed E-state index contributed by atoms with van der Waals surface area (Å²) in [6.45, 7) is 1.86. The van der Waals surface area contributed by atoms with Crippen molar-refractivity contribution in [3.05, 3.63) is 69.7 Å². The second kappa shape index (κ2) is 5.87. The summed E-state index contributed by atoms with van der Waals surface area (Å²) in [5, 5.41) is 3.55. The summed E-state index contributed by atoms with van der Waals surface area (Å²) >= 11 is 12.1. The minimum atomic E-state index is -1.20. The minimum absolute atomic E-state index is 0.215. The van der Waals surface area contributed by atoms with E-state index in [1.54, 1.807) is 25.1 Å². The molecule has 0 spiro atoms. The molecule has 0 bridgehead atoms. The smallest absolute Gasteiger partial charge is 0.319 e. The van der Waals surface area contributed by atoms with Gasteiger partial charge in [0.05, 0.1) is 6.54 Å². The fourth-order valence-electron chi connectivity index (χ4n) is 2.68. The van der Waals surface area contributed by atoms with Crippen LogP contribution >= 0.6 is 23.2 Å². The van der Waals surface area contributed by atoms with Gasteiger partial charge in [0.15, 0.2) is 0 Å². The Hall–Kier alpha value is -2.04. The van der Waals surface area contributed by atoms with Gasteiger partial charge in [0, 0.05) is 15.6 Å². The lowest BCUT2D eigenvalue weighted by Gasteiger charge is -2.23. The molecule has 1 aliphatic heterocycles. The summed E-state index contributed by atoms with van der Waals surface area (Å²) in [4.78, 5) is 26.3. The highest BCUT2D eigenvalue weighted by Crippen LogP contribution is 2.35. The van der Waals surface area contributed by atoms with Crippen molar-refractivity contribution in [3.8, 4) is 0 Å². The van der Waals surface area contributed by atoms with E-state index in [0.29, 0.717) is 15.6 Å². The molecule has 6 heteroatoms. The molecular formula is C17H14Cl2N2O2. The Morgan fingerprint density at radius 2 is 1.78 bits per heavy atom. The molecular weight excluding hydrogens is 335 g/mol. The minimum Gasteiger partial charge on any atom is -0.319 e. The molecule has 1 aliphatic rings. The Kier molecular flexibility index (Phi) is 4.04. The maximum Gasteiger partial charge on any atom is 0.325 e. The molecule has 1 saturated heterocycles. The molecule has 0 saturated carbocycles. The molecule has 1 atom stereocenters. The molecule has 0 aromatic heterocycles. The molecule has 3 rings (SSSR count). The zero-order valence-electron chi connectivity index (χ0n) is 12.3. The molecule has 3 amide bonds. The Bertz CT molecular complexity index is 779. The number of amides is 3. The van der Waals surface area contributed by atoms with Crippen LogP contribution in [0.1, 0.15) is 18.1 Å². The van der Waals surface area contributed by atoms with E-state index >= 15 is 0 Å². The third-order valence-corrected chi connectivity index (χ3v) is 4.48. The highest BCUT2D eigenvalue weighted by Gasteiger charge is 2.49. The van der Waals surface area contributed by atoms with Gasteiger partial charge in [0.25, 0.3) is 5.91 Å². The normalized spacial score (nSPS) is 20.7. The van der Waals surface area contributed by atoms with E-state index in [4.69, 9.17) is 23.2 Å². The standard InChI is InChI=1S/C17H14Cl2N2O2/c1-17(13-8-7-12(18)9-14(13)19)15(22)21(16(23)20-17)10-11-5-3-2-4-6-11/h2-9H,10H2,1H3,(H,20,23). The molecule has 4 nitrogen and oxygen atoms in total. The lowest BCUT2D eigenvalue weighted by atomic mass is 9.92. The quantitative estimate of drug-likeness (QED) is 0.853. The highest BCUT2D eigenvalue weighted by molar-refractivity contribution is 6.35. The van der Waals surface area contributed by atoms with Gasteiger partial charge in [-0.1, -0.05) is 59.6 Å². The largest absolute Gasteiger partial charge is 0.325 e. The zero-order valence-corrected chi connectivity index (χ0v) is 13.9. The summed E-state index contributed by atoms with van der Waals surface area (Å²) in [5.74, 6) is -0.337. The van der Waals surface area contributed by atoms with Crippen LogP contribution in [0.5, 0.6) is 0 Å². The molecule has 1 unspecified atom stereocenters. The molecule has 0 aliphatic carbocycles. The summed E-state index contributed by atoms with van der Waals surface area (Å²) in [7, 11) is 0. The van der Waals surface area contributed by atoms with Gasteiger partial charge in [-0.05, 0) is 24.6 Å². The Morgan fingerprint density at radius 3 is 2.43 bits per heavy atom. The van der Waals surface area contributed by atoms with Crippen molar-refractivity contribution in [2.24, 2.45) is 0 Å². The highest BCUT2D eigenvalue weighted by atomic mass is 35.5. The van der Waals surface area contributed by atoms with Crippen molar-refractivity contribution >= 4 is 35.1 Å². The average molecular weight is 349 g/mol. The lowest BCUT2D eigenvalue weighted by molar-refractivity contribution is -0.131. The van der Waals surface area contributed by atoms with Crippen molar-refractivity contribution in [3.63, 3.8) is 0 Å². The molecule has 118 valence electrons. The first-order valence-electron chi connectivity index (χ1n) is 7.05. The predicted octanol–water partition coefficient (Wildman–Crippen LogP) is 3.96. The molecule has 1 fully saturated rings. The van der Waals surface area contributed by atoms with Crippen LogP contribution in [0, 0.1) is 0 Å². The Balaban J connectivity index is 1.93. The molecule has 1 N–H and O–H groups in total. The van der Waals surface area contributed by atoms with Crippen molar-refractivity contribution in [2.75, 3.05) is 0 Å². The molecule has 0 radical (unpaired) electrons. The van der Waals surface area contributed by atoms with Crippen LogP contribution < -0.4 is 5.32 Å². The van der Waals surface area contributed by atoms with Crippen LogP contribution in [0.2, 0.25) is 10.0 Å². The summed E-state index contributed by atoms with van der Waals surface area (Å²) < 4.78 is 0. The predicted molar refractivity (Wildman–Crippen MR) is 89.3 cm³/mol. The summed E-state index contributed by atoms with van der Waals surface area (Å²) in [6.07, 6.45) is 0. The number of hydrogen-bond acceptors (Lipinski definition) is 2. The van der Waals surface area contributed by atoms with Crippen LogP contribution in [0.25, 0.3) is 0 Å². The van der Waals surface area contributed by atoms with Crippen molar-refractivity contribution in [1.82, 2.24) is 10.2 Å². The first-order chi connectivity index (χ1) is 10.9. The fourth-order valence-corrected chi connectivity index (χ4v) is 3.28. The second-order valence-electron chi connectivity index (χ2n) is 5.56. The number of carbonyl (C=O) groups is 2. The monoisotopic (exact) mass is 348 g/mol. The second-order valence-corrected chi connectivity index (χ2v) is 6.40. The fraction of sp³-hybridized carbons (Fsp3) is 0.176. The summed E-state index contributed by atoms with van der Waals surface area (Å²) in [5.41, 5.74) is 0.202. The van der Waals surface area contributed by atoms with Crippen LogP contribution in [-0.2, 0) is 16.9 Å². The zero-order chi connectivity index (χ0) is 16.6. The lowest BCUT2D eigenvalue weighted by Crippen LogP contribution is -2.41. The SMILES string of the molecule is CC1(c2ccc(Cl)cc2Cl)NC(=O)N(Cc2ccccc2)C1=O. The topological polar surface area (TPSA) is 49.4 Å².